The highest BCUT2D eigenvalue weighted by Gasteiger charge is 2.28. The highest BCUT2D eigenvalue weighted by atomic mass is 16.4. The second kappa shape index (κ2) is 4.65. The first-order valence-electron chi connectivity index (χ1n) is 5.65. The van der Waals surface area contributed by atoms with Crippen LogP contribution in [0, 0.1) is 5.92 Å². The smallest absolute Gasteiger partial charge is 0.307 e. The lowest BCUT2D eigenvalue weighted by Crippen LogP contribution is -2.23. The van der Waals surface area contributed by atoms with E-state index in [9.17, 15) is 4.79 Å². The SMILES string of the molecule is CCn1cncc1CN1CCC(C(=O)O)C1. The molecule has 5 heteroatoms. The number of aryl methyl sites for hydroxylation is 1. The molecule has 1 aliphatic rings. The van der Waals surface area contributed by atoms with E-state index in [1.54, 1.807) is 0 Å². The summed E-state index contributed by atoms with van der Waals surface area (Å²) in [6.45, 7) is 5.31. The van der Waals surface area contributed by atoms with Crippen LogP contribution in [-0.4, -0.2) is 38.6 Å². The van der Waals surface area contributed by atoms with Crippen molar-refractivity contribution in [1.82, 2.24) is 14.5 Å². The van der Waals surface area contributed by atoms with E-state index in [1.807, 2.05) is 12.5 Å². The van der Waals surface area contributed by atoms with Gasteiger partial charge in [-0.25, -0.2) is 4.98 Å². The lowest BCUT2D eigenvalue weighted by atomic mass is 10.1. The number of aliphatic carboxylic acids is 1. The van der Waals surface area contributed by atoms with Crippen LogP contribution in [0.3, 0.4) is 0 Å². The molecule has 0 aliphatic carbocycles. The Morgan fingerprint density at radius 1 is 1.69 bits per heavy atom. The number of hydrogen-bond acceptors (Lipinski definition) is 3. The second-order valence-electron chi connectivity index (χ2n) is 4.23. The first-order valence-corrected chi connectivity index (χ1v) is 5.65. The van der Waals surface area contributed by atoms with E-state index in [4.69, 9.17) is 5.11 Å². The quantitative estimate of drug-likeness (QED) is 0.820. The molecule has 1 fully saturated rings. The van der Waals surface area contributed by atoms with E-state index in [0.717, 1.165) is 31.7 Å². The maximum Gasteiger partial charge on any atom is 0.307 e. The van der Waals surface area contributed by atoms with Gasteiger partial charge in [0.25, 0.3) is 0 Å². The number of carboxylic acids is 1. The van der Waals surface area contributed by atoms with Crippen LogP contribution in [0.15, 0.2) is 12.5 Å². The monoisotopic (exact) mass is 223 g/mol. The molecule has 1 atom stereocenters. The number of carbonyl (C=O) groups is 1. The van der Waals surface area contributed by atoms with Crippen molar-refractivity contribution in [2.75, 3.05) is 13.1 Å². The van der Waals surface area contributed by atoms with E-state index in [2.05, 4.69) is 21.4 Å². The predicted molar refractivity (Wildman–Crippen MR) is 58.9 cm³/mol. The molecule has 0 spiro atoms. The lowest BCUT2D eigenvalue weighted by molar-refractivity contribution is -0.141. The first-order chi connectivity index (χ1) is 7.70. The summed E-state index contributed by atoms with van der Waals surface area (Å²) in [6.07, 6.45) is 4.44. The van der Waals surface area contributed by atoms with Gasteiger partial charge < -0.3 is 9.67 Å². The van der Waals surface area contributed by atoms with Gasteiger partial charge in [-0.2, -0.15) is 0 Å². The normalized spacial score (nSPS) is 21.4. The third-order valence-corrected chi connectivity index (χ3v) is 3.15. The van der Waals surface area contributed by atoms with Crippen molar-refractivity contribution in [1.29, 1.82) is 0 Å². The zero-order valence-electron chi connectivity index (χ0n) is 9.46. The van der Waals surface area contributed by atoms with Gasteiger partial charge in [-0.15, -0.1) is 0 Å². The Labute approximate surface area is 94.7 Å². The molecule has 1 aromatic heterocycles. The van der Waals surface area contributed by atoms with Crippen LogP contribution in [0.1, 0.15) is 19.0 Å². The van der Waals surface area contributed by atoms with Crippen LogP contribution < -0.4 is 0 Å². The van der Waals surface area contributed by atoms with E-state index >= 15 is 0 Å². The van der Waals surface area contributed by atoms with Crippen molar-refractivity contribution in [2.45, 2.75) is 26.4 Å². The van der Waals surface area contributed by atoms with Crippen LogP contribution in [0.5, 0.6) is 0 Å². The van der Waals surface area contributed by atoms with Gasteiger partial charge in [0.2, 0.25) is 0 Å². The first kappa shape index (κ1) is 11.1. The minimum absolute atomic E-state index is 0.196. The number of carboxylic acid groups (broad SMARTS) is 1. The van der Waals surface area contributed by atoms with Crippen LogP contribution in [0.4, 0.5) is 0 Å². The Balaban J connectivity index is 1.94. The summed E-state index contributed by atoms with van der Waals surface area (Å²) in [7, 11) is 0. The van der Waals surface area contributed by atoms with Gasteiger partial charge in [0.05, 0.1) is 17.9 Å². The fourth-order valence-electron chi connectivity index (χ4n) is 2.17. The zero-order valence-corrected chi connectivity index (χ0v) is 9.46. The number of nitrogens with zero attached hydrogens (tertiary/aromatic N) is 3. The maximum absolute atomic E-state index is 10.8. The lowest BCUT2D eigenvalue weighted by Gasteiger charge is -2.15. The molecule has 5 nitrogen and oxygen atoms in total. The minimum Gasteiger partial charge on any atom is -0.481 e. The highest BCUT2D eigenvalue weighted by Crippen LogP contribution is 2.18. The third kappa shape index (κ3) is 2.24. The Morgan fingerprint density at radius 2 is 2.50 bits per heavy atom. The van der Waals surface area contributed by atoms with E-state index in [0.29, 0.717) is 6.54 Å². The fraction of sp³-hybridized carbons (Fsp3) is 0.636. The van der Waals surface area contributed by atoms with E-state index in [-0.39, 0.29) is 5.92 Å². The second-order valence-corrected chi connectivity index (χ2v) is 4.23. The average molecular weight is 223 g/mol. The van der Waals surface area contributed by atoms with Crippen molar-refractivity contribution < 1.29 is 9.90 Å². The average Bonchev–Trinajstić information content (AvgIpc) is 2.87. The van der Waals surface area contributed by atoms with Gasteiger partial charge in [-0.1, -0.05) is 0 Å². The van der Waals surface area contributed by atoms with Crippen molar-refractivity contribution in [3.63, 3.8) is 0 Å². The fourth-order valence-corrected chi connectivity index (χ4v) is 2.17. The Morgan fingerprint density at radius 3 is 3.12 bits per heavy atom. The Hall–Kier alpha value is -1.36. The molecule has 0 bridgehead atoms. The number of hydrogen-bond donors (Lipinski definition) is 1. The van der Waals surface area contributed by atoms with Gasteiger partial charge in [0, 0.05) is 25.8 Å². The molecule has 2 rings (SSSR count). The standard InChI is InChI=1S/C11H17N3O2/c1-2-14-8-12-5-10(14)7-13-4-3-9(6-13)11(15)16/h5,8-9H,2-4,6-7H2,1H3,(H,15,16). The predicted octanol–water partition coefficient (Wildman–Crippen LogP) is 0.809. The minimum atomic E-state index is -0.675. The number of aromatic nitrogens is 2. The molecular formula is C11H17N3O2. The third-order valence-electron chi connectivity index (χ3n) is 3.15. The van der Waals surface area contributed by atoms with Crippen molar-refractivity contribution in [2.24, 2.45) is 5.92 Å². The maximum atomic E-state index is 10.8. The molecule has 0 radical (unpaired) electrons. The summed E-state index contributed by atoms with van der Waals surface area (Å²) in [5.41, 5.74) is 1.16. The van der Waals surface area contributed by atoms with Crippen molar-refractivity contribution in [3.8, 4) is 0 Å². The van der Waals surface area contributed by atoms with E-state index < -0.39 is 5.97 Å². The van der Waals surface area contributed by atoms with Gasteiger partial charge in [0.1, 0.15) is 0 Å². The molecular weight excluding hydrogens is 206 g/mol. The number of likely N-dealkylation sites (tertiary alicyclic amines) is 1. The van der Waals surface area contributed by atoms with Crippen molar-refractivity contribution in [3.05, 3.63) is 18.2 Å². The van der Waals surface area contributed by atoms with Crippen LogP contribution >= 0.6 is 0 Å². The number of rotatable bonds is 4. The largest absolute Gasteiger partial charge is 0.481 e. The zero-order chi connectivity index (χ0) is 11.5. The molecule has 1 aromatic rings. The Kier molecular flexibility index (Phi) is 3.24. The topological polar surface area (TPSA) is 58.4 Å². The summed E-state index contributed by atoms with van der Waals surface area (Å²) < 4.78 is 2.09. The summed E-state index contributed by atoms with van der Waals surface area (Å²) in [5.74, 6) is -0.871. The summed E-state index contributed by atoms with van der Waals surface area (Å²) >= 11 is 0. The molecule has 1 unspecified atom stereocenters. The van der Waals surface area contributed by atoms with Crippen molar-refractivity contribution >= 4 is 5.97 Å². The molecule has 0 amide bonds. The molecule has 2 heterocycles. The molecule has 16 heavy (non-hydrogen) atoms. The highest BCUT2D eigenvalue weighted by molar-refractivity contribution is 5.70. The van der Waals surface area contributed by atoms with E-state index in [1.165, 1.54) is 0 Å². The molecule has 1 aliphatic heterocycles. The van der Waals surface area contributed by atoms with Gasteiger partial charge in [-0.3, -0.25) is 9.69 Å². The van der Waals surface area contributed by atoms with Gasteiger partial charge in [0.15, 0.2) is 0 Å². The molecule has 1 N–H and O–H groups in total. The van der Waals surface area contributed by atoms with Crippen LogP contribution in [0.2, 0.25) is 0 Å². The summed E-state index contributed by atoms with van der Waals surface area (Å²) in [4.78, 5) is 17.1. The summed E-state index contributed by atoms with van der Waals surface area (Å²) in [5, 5.41) is 8.91. The molecule has 0 saturated carbocycles. The molecule has 0 aromatic carbocycles. The number of imidazole rings is 1. The Bertz CT molecular complexity index is 375. The van der Waals surface area contributed by atoms with Crippen LogP contribution in [-0.2, 0) is 17.9 Å². The van der Waals surface area contributed by atoms with Gasteiger partial charge in [-0.05, 0) is 19.9 Å². The summed E-state index contributed by atoms with van der Waals surface area (Å²) in [6, 6.07) is 0. The van der Waals surface area contributed by atoms with Crippen LogP contribution in [0.25, 0.3) is 0 Å². The molecule has 1 saturated heterocycles. The van der Waals surface area contributed by atoms with Gasteiger partial charge >= 0.3 is 5.97 Å². The molecule has 88 valence electrons.